The van der Waals surface area contributed by atoms with Crippen LogP contribution >= 0.6 is 0 Å². The van der Waals surface area contributed by atoms with Crippen LogP contribution in [0.4, 0.5) is 4.79 Å². The zero-order valence-electron chi connectivity index (χ0n) is 13.0. The fourth-order valence-corrected chi connectivity index (χ4v) is 2.80. The predicted octanol–water partition coefficient (Wildman–Crippen LogP) is 2.66. The molecule has 0 aliphatic carbocycles. The van der Waals surface area contributed by atoms with Crippen LogP contribution in [-0.4, -0.2) is 53.1 Å². The number of urea groups is 1. The number of carboxylic acid groups (broad SMARTS) is 1. The van der Waals surface area contributed by atoms with Crippen LogP contribution in [0.5, 0.6) is 0 Å². The van der Waals surface area contributed by atoms with Crippen molar-refractivity contribution in [3.05, 3.63) is 0 Å². The zero-order valence-corrected chi connectivity index (χ0v) is 13.0. The van der Waals surface area contributed by atoms with E-state index in [0.717, 1.165) is 25.9 Å². The number of aliphatic carboxylic acids is 1. The van der Waals surface area contributed by atoms with Gasteiger partial charge in [-0.05, 0) is 38.0 Å². The summed E-state index contributed by atoms with van der Waals surface area (Å²) in [5.74, 6) is 0.508. The number of carbonyl (C=O) groups is 2. The summed E-state index contributed by atoms with van der Waals surface area (Å²) in [6, 6.07) is -0.00171. The molecule has 1 heterocycles. The lowest BCUT2D eigenvalue weighted by molar-refractivity contribution is -0.137. The highest BCUT2D eigenvalue weighted by Gasteiger charge is 2.25. The highest BCUT2D eigenvalue weighted by atomic mass is 16.4. The summed E-state index contributed by atoms with van der Waals surface area (Å²) >= 11 is 0. The van der Waals surface area contributed by atoms with E-state index in [0.29, 0.717) is 24.9 Å². The van der Waals surface area contributed by atoms with Gasteiger partial charge in [-0.3, -0.25) is 4.79 Å². The van der Waals surface area contributed by atoms with E-state index in [1.165, 1.54) is 6.42 Å². The molecule has 5 heteroatoms. The third-order valence-corrected chi connectivity index (χ3v) is 4.23. The highest BCUT2D eigenvalue weighted by molar-refractivity contribution is 5.75. The van der Waals surface area contributed by atoms with Crippen LogP contribution in [0.2, 0.25) is 0 Å². The second-order valence-corrected chi connectivity index (χ2v) is 5.93. The van der Waals surface area contributed by atoms with E-state index in [1.807, 2.05) is 11.8 Å². The van der Waals surface area contributed by atoms with E-state index >= 15 is 0 Å². The zero-order chi connectivity index (χ0) is 15.1. The number of carbonyl (C=O) groups excluding carboxylic acids is 1. The Balaban J connectivity index is 2.54. The molecule has 1 atom stereocenters. The molecule has 1 aliphatic heterocycles. The number of nitrogens with zero attached hydrogens (tertiary/aromatic N) is 2. The summed E-state index contributed by atoms with van der Waals surface area (Å²) in [6.07, 6.45) is 3.30. The van der Waals surface area contributed by atoms with Gasteiger partial charge in [0.15, 0.2) is 0 Å². The number of likely N-dealkylation sites (tertiary alicyclic amines) is 1. The molecule has 0 aromatic rings. The number of carboxylic acids is 1. The maximum absolute atomic E-state index is 12.4. The summed E-state index contributed by atoms with van der Waals surface area (Å²) in [4.78, 5) is 26.6. The monoisotopic (exact) mass is 284 g/mol. The van der Waals surface area contributed by atoms with Crippen LogP contribution in [-0.2, 0) is 4.79 Å². The van der Waals surface area contributed by atoms with Crippen LogP contribution in [0.1, 0.15) is 46.5 Å². The molecule has 0 bridgehead atoms. The molecule has 0 aromatic carbocycles. The molecule has 2 amide bonds. The number of hydrogen-bond donors (Lipinski definition) is 1. The molecular weight excluding hydrogens is 256 g/mol. The molecule has 20 heavy (non-hydrogen) atoms. The van der Waals surface area contributed by atoms with Gasteiger partial charge >= 0.3 is 12.0 Å². The molecule has 0 saturated carbocycles. The van der Waals surface area contributed by atoms with Crippen molar-refractivity contribution in [2.24, 2.45) is 11.8 Å². The fraction of sp³-hybridized carbons (Fsp3) is 0.867. The van der Waals surface area contributed by atoms with Crippen LogP contribution in [0.15, 0.2) is 0 Å². The van der Waals surface area contributed by atoms with E-state index in [-0.39, 0.29) is 12.5 Å². The van der Waals surface area contributed by atoms with Gasteiger partial charge in [0.2, 0.25) is 0 Å². The lowest BCUT2D eigenvalue weighted by atomic mass is 9.89. The smallest absolute Gasteiger partial charge is 0.320 e. The number of hydrogen-bond acceptors (Lipinski definition) is 2. The Hall–Kier alpha value is -1.26. The molecule has 1 fully saturated rings. The van der Waals surface area contributed by atoms with Gasteiger partial charge in [0, 0.05) is 26.2 Å². The van der Waals surface area contributed by atoms with Crippen molar-refractivity contribution in [1.82, 2.24) is 9.80 Å². The third-order valence-electron chi connectivity index (χ3n) is 4.23. The van der Waals surface area contributed by atoms with Crippen molar-refractivity contribution < 1.29 is 14.7 Å². The standard InChI is InChI=1S/C15H28N2O3/c1-4-16(11-8-14(18)19)15(20)17-9-5-6-13(7-10-17)12(2)3/h12-13H,4-11H2,1-3H3,(H,18,19). The van der Waals surface area contributed by atoms with Crippen molar-refractivity contribution >= 4 is 12.0 Å². The minimum atomic E-state index is -0.855. The van der Waals surface area contributed by atoms with E-state index in [9.17, 15) is 9.59 Å². The third kappa shape index (κ3) is 5.02. The minimum absolute atomic E-state index is 0.00171. The molecule has 1 rings (SSSR count). The Morgan fingerprint density at radius 3 is 2.55 bits per heavy atom. The molecule has 1 unspecified atom stereocenters. The summed E-state index contributed by atoms with van der Waals surface area (Å²) in [5, 5.41) is 8.74. The van der Waals surface area contributed by atoms with Gasteiger partial charge in [-0.15, -0.1) is 0 Å². The predicted molar refractivity (Wildman–Crippen MR) is 78.6 cm³/mol. The summed E-state index contributed by atoms with van der Waals surface area (Å²) in [7, 11) is 0. The van der Waals surface area contributed by atoms with Gasteiger partial charge in [-0.2, -0.15) is 0 Å². The van der Waals surface area contributed by atoms with Gasteiger partial charge < -0.3 is 14.9 Å². The van der Waals surface area contributed by atoms with Crippen LogP contribution in [0, 0.1) is 11.8 Å². The Kier molecular flexibility index (Phi) is 6.82. The molecule has 0 radical (unpaired) electrons. The fourth-order valence-electron chi connectivity index (χ4n) is 2.80. The normalized spacial score (nSPS) is 19.8. The quantitative estimate of drug-likeness (QED) is 0.844. The van der Waals surface area contributed by atoms with E-state index in [1.54, 1.807) is 4.90 Å². The van der Waals surface area contributed by atoms with Crippen molar-refractivity contribution in [2.75, 3.05) is 26.2 Å². The first-order valence-corrected chi connectivity index (χ1v) is 7.71. The first-order valence-electron chi connectivity index (χ1n) is 7.71. The lowest BCUT2D eigenvalue weighted by Gasteiger charge is -2.29. The maximum Gasteiger partial charge on any atom is 0.320 e. The summed E-state index contributed by atoms with van der Waals surface area (Å²) in [6.45, 7) is 8.84. The van der Waals surface area contributed by atoms with Crippen molar-refractivity contribution in [1.29, 1.82) is 0 Å². The van der Waals surface area contributed by atoms with Gasteiger partial charge in [-0.25, -0.2) is 4.79 Å². The van der Waals surface area contributed by atoms with Gasteiger partial charge in [0.05, 0.1) is 6.42 Å². The molecule has 1 aliphatic rings. The minimum Gasteiger partial charge on any atom is -0.481 e. The molecule has 0 spiro atoms. The molecule has 5 nitrogen and oxygen atoms in total. The highest BCUT2D eigenvalue weighted by Crippen LogP contribution is 2.25. The average Bonchev–Trinajstić information content (AvgIpc) is 2.64. The first kappa shape index (κ1) is 16.8. The molecule has 0 aromatic heterocycles. The maximum atomic E-state index is 12.4. The van der Waals surface area contributed by atoms with E-state index < -0.39 is 5.97 Å². The Morgan fingerprint density at radius 1 is 1.30 bits per heavy atom. The van der Waals surface area contributed by atoms with E-state index in [2.05, 4.69) is 13.8 Å². The number of rotatable bonds is 5. The Bertz CT molecular complexity index is 331. The van der Waals surface area contributed by atoms with Crippen LogP contribution < -0.4 is 0 Å². The molecule has 1 N–H and O–H groups in total. The second-order valence-electron chi connectivity index (χ2n) is 5.93. The van der Waals surface area contributed by atoms with Crippen LogP contribution in [0.25, 0.3) is 0 Å². The first-order chi connectivity index (χ1) is 9.45. The molecular formula is C15H28N2O3. The topological polar surface area (TPSA) is 60.9 Å². The summed E-state index contributed by atoms with van der Waals surface area (Å²) < 4.78 is 0. The van der Waals surface area contributed by atoms with Crippen molar-refractivity contribution in [3.8, 4) is 0 Å². The second kappa shape index (κ2) is 8.12. The Morgan fingerprint density at radius 2 is 2.00 bits per heavy atom. The van der Waals surface area contributed by atoms with Gasteiger partial charge in [0.25, 0.3) is 0 Å². The Labute approximate surface area is 121 Å². The SMILES string of the molecule is CCN(CCC(=O)O)C(=O)N1CCCC(C(C)C)CC1. The van der Waals surface area contributed by atoms with Crippen molar-refractivity contribution in [2.45, 2.75) is 46.5 Å². The molecule has 116 valence electrons. The van der Waals surface area contributed by atoms with Crippen molar-refractivity contribution in [3.63, 3.8) is 0 Å². The molecule has 1 saturated heterocycles. The van der Waals surface area contributed by atoms with E-state index in [4.69, 9.17) is 5.11 Å². The lowest BCUT2D eigenvalue weighted by Crippen LogP contribution is -2.44. The number of amides is 2. The average molecular weight is 284 g/mol. The van der Waals surface area contributed by atoms with Crippen LogP contribution in [0.3, 0.4) is 0 Å². The summed E-state index contributed by atoms with van der Waals surface area (Å²) in [5.41, 5.74) is 0. The largest absolute Gasteiger partial charge is 0.481 e. The van der Waals surface area contributed by atoms with Gasteiger partial charge in [0.1, 0.15) is 0 Å². The van der Waals surface area contributed by atoms with Gasteiger partial charge in [-0.1, -0.05) is 13.8 Å².